The second kappa shape index (κ2) is 4.71. The first-order valence-electron chi connectivity index (χ1n) is 8.90. The van der Waals surface area contributed by atoms with Gasteiger partial charge in [0.15, 0.2) is 0 Å². The van der Waals surface area contributed by atoms with Crippen LogP contribution in [0.5, 0.6) is 0 Å². The van der Waals surface area contributed by atoms with Gasteiger partial charge in [-0.1, -0.05) is 54.0 Å². The lowest BCUT2D eigenvalue weighted by atomic mass is 9.95. The van der Waals surface area contributed by atoms with Crippen molar-refractivity contribution < 1.29 is 5.48 Å². The molecule has 0 unspecified atom stereocenters. The van der Waals surface area contributed by atoms with Gasteiger partial charge in [-0.3, -0.25) is 0 Å². The maximum Gasteiger partial charge on any atom is 0.0632 e. The number of aryl methyl sites for hydroxylation is 1. The number of benzene rings is 3. The monoisotopic (exact) mass is 292 g/mol. The summed E-state index contributed by atoms with van der Waals surface area (Å²) in [7, 11) is 0. The zero-order chi connectivity index (χ0) is 17.9. The van der Waals surface area contributed by atoms with E-state index in [2.05, 4.69) is 12.1 Å². The summed E-state index contributed by atoms with van der Waals surface area (Å²) in [5.41, 5.74) is 2.73. The first-order chi connectivity index (χ1) is 11.9. The predicted octanol–water partition coefficient (Wildman–Crippen LogP) is 6.34. The quantitative estimate of drug-likeness (QED) is 0.384. The molecule has 4 rings (SSSR count). The van der Waals surface area contributed by atoms with Gasteiger partial charge in [0.05, 0.1) is 5.48 Å². The Morgan fingerprint density at radius 2 is 1.81 bits per heavy atom. The summed E-state index contributed by atoms with van der Waals surface area (Å²) in [4.78, 5) is 0. The first-order valence-corrected chi connectivity index (χ1v) is 7.71. The fourth-order valence-electron chi connectivity index (χ4n) is 2.83. The molecule has 0 atom stereocenters. The van der Waals surface area contributed by atoms with Gasteiger partial charge < -0.3 is 0 Å². The topological polar surface area (TPSA) is 0 Å². The molecular formula is C20H16S. The van der Waals surface area contributed by atoms with Crippen molar-refractivity contribution in [2.24, 2.45) is 0 Å². The van der Waals surface area contributed by atoms with E-state index in [0.29, 0.717) is 11.1 Å². The minimum atomic E-state index is -0.113. The van der Waals surface area contributed by atoms with E-state index < -0.39 is 0 Å². The van der Waals surface area contributed by atoms with Crippen molar-refractivity contribution in [2.45, 2.75) is 13.8 Å². The summed E-state index contributed by atoms with van der Waals surface area (Å²) in [5, 5.41) is 2.33. The van der Waals surface area contributed by atoms with Crippen molar-refractivity contribution in [1.29, 1.82) is 0 Å². The Kier molecular flexibility index (Phi) is 2.02. The molecule has 0 radical (unpaired) electrons. The van der Waals surface area contributed by atoms with Gasteiger partial charge in [-0.05, 0) is 42.7 Å². The van der Waals surface area contributed by atoms with E-state index >= 15 is 0 Å². The fourth-order valence-corrected chi connectivity index (χ4v) is 4.00. The highest BCUT2D eigenvalue weighted by Crippen LogP contribution is 2.39. The summed E-state index contributed by atoms with van der Waals surface area (Å²) in [6.45, 7) is 3.70. The Hall–Kier alpha value is -2.12. The molecule has 0 saturated heterocycles. The molecule has 4 aromatic rings. The van der Waals surface area contributed by atoms with Gasteiger partial charge in [0.25, 0.3) is 0 Å². The van der Waals surface area contributed by atoms with Gasteiger partial charge in [0.2, 0.25) is 0 Å². The Balaban J connectivity index is 2.13. The third-order valence-corrected chi connectivity index (χ3v) is 4.96. The predicted molar refractivity (Wildman–Crippen MR) is 94.2 cm³/mol. The summed E-state index contributed by atoms with van der Waals surface area (Å²) in [6, 6.07) is 12.2. The van der Waals surface area contributed by atoms with Gasteiger partial charge in [-0.25, -0.2) is 0 Å². The van der Waals surface area contributed by atoms with Crippen LogP contribution in [0.25, 0.3) is 31.3 Å². The highest BCUT2D eigenvalue weighted by Gasteiger charge is 2.11. The van der Waals surface area contributed by atoms with Crippen LogP contribution in [0.3, 0.4) is 0 Å². The maximum absolute atomic E-state index is 8.42. The van der Waals surface area contributed by atoms with E-state index in [-0.39, 0.29) is 24.2 Å². The molecule has 1 heterocycles. The SMILES string of the molecule is [2H]c1c([2H])c(C)c([2H])c(-c2ccc3sc4ccccc4c3c2C)c1[2H]. The number of hydrogen-bond donors (Lipinski definition) is 0. The highest BCUT2D eigenvalue weighted by molar-refractivity contribution is 7.25. The van der Waals surface area contributed by atoms with Crippen LogP contribution in [0.4, 0.5) is 0 Å². The van der Waals surface area contributed by atoms with Crippen molar-refractivity contribution in [1.82, 2.24) is 0 Å². The van der Waals surface area contributed by atoms with Crippen molar-refractivity contribution in [2.75, 3.05) is 0 Å². The van der Waals surface area contributed by atoms with Crippen LogP contribution in [0.1, 0.15) is 16.6 Å². The molecule has 21 heavy (non-hydrogen) atoms. The summed E-state index contributed by atoms with van der Waals surface area (Å²) < 4.78 is 35.1. The first kappa shape index (κ1) is 9.01. The van der Waals surface area contributed by atoms with Crippen LogP contribution in [0.15, 0.2) is 60.6 Å². The highest BCUT2D eigenvalue weighted by atomic mass is 32.1. The molecule has 0 N–H and O–H groups in total. The zero-order valence-electron chi connectivity index (χ0n) is 15.9. The molecule has 0 aliphatic rings. The van der Waals surface area contributed by atoms with Crippen LogP contribution in [-0.4, -0.2) is 0 Å². The van der Waals surface area contributed by atoms with Gasteiger partial charge in [0, 0.05) is 20.2 Å². The third-order valence-electron chi connectivity index (χ3n) is 3.82. The minimum absolute atomic E-state index is 0.0292. The summed E-state index contributed by atoms with van der Waals surface area (Å²) >= 11 is 1.74. The number of hydrogen-bond acceptors (Lipinski definition) is 1. The van der Waals surface area contributed by atoms with Crippen molar-refractivity contribution in [3.8, 4) is 11.1 Å². The maximum atomic E-state index is 8.42. The Morgan fingerprint density at radius 3 is 2.71 bits per heavy atom. The van der Waals surface area contributed by atoms with Crippen LogP contribution in [0.2, 0.25) is 0 Å². The molecule has 0 bridgehead atoms. The lowest BCUT2D eigenvalue weighted by Crippen LogP contribution is -1.85. The van der Waals surface area contributed by atoms with Gasteiger partial charge in [-0.2, -0.15) is 0 Å². The molecule has 0 saturated carbocycles. The lowest BCUT2D eigenvalue weighted by molar-refractivity contribution is 1.45. The normalized spacial score (nSPS) is 14.0. The largest absolute Gasteiger partial charge is 0.135 e. The smallest absolute Gasteiger partial charge is 0.0632 e. The van der Waals surface area contributed by atoms with E-state index in [4.69, 9.17) is 5.48 Å². The average Bonchev–Trinajstić information content (AvgIpc) is 2.99. The van der Waals surface area contributed by atoms with Crippen molar-refractivity contribution in [3.05, 3.63) is 71.7 Å². The molecule has 1 aromatic heterocycles. The van der Waals surface area contributed by atoms with Crippen LogP contribution in [0, 0.1) is 13.8 Å². The summed E-state index contributed by atoms with van der Waals surface area (Å²) in [6.07, 6.45) is 0. The molecular weight excluding hydrogens is 272 g/mol. The number of fused-ring (bicyclic) bond motifs is 3. The number of thiophene rings is 1. The van der Waals surface area contributed by atoms with E-state index in [1.807, 2.05) is 31.2 Å². The molecule has 102 valence electrons. The zero-order valence-corrected chi connectivity index (χ0v) is 12.7. The van der Waals surface area contributed by atoms with Crippen molar-refractivity contribution >= 4 is 31.5 Å². The van der Waals surface area contributed by atoms with E-state index in [9.17, 15) is 0 Å². The Labute approximate surface area is 134 Å². The molecule has 0 fully saturated rings. The third kappa shape index (κ3) is 1.97. The average molecular weight is 292 g/mol. The van der Waals surface area contributed by atoms with Gasteiger partial charge in [0.1, 0.15) is 0 Å². The van der Waals surface area contributed by atoms with Crippen LogP contribution in [-0.2, 0) is 0 Å². The standard InChI is InChI=1S/C20H16S/c1-13-6-5-7-15(12-13)16-10-11-19-20(14(16)2)17-8-3-4-9-18(17)21-19/h3-12H,1-2H3/i5D,6D,7D,12D. The molecule has 1 heteroatoms. The Morgan fingerprint density at radius 1 is 0.952 bits per heavy atom. The number of rotatable bonds is 1. The van der Waals surface area contributed by atoms with Gasteiger partial charge in [-0.15, -0.1) is 11.3 Å². The molecule has 0 nitrogen and oxygen atoms in total. The molecule has 3 aromatic carbocycles. The van der Waals surface area contributed by atoms with E-state index in [1.54, 1.807) is 18.3 Å². The second-order valence-corrected chi connectivity index (χ2v) is 6.29. The summed E-state index contributed by atoms with van der Waals surface area (Å²) in [5.74, 6) is 0. The molecule has 0 aliphatic carbocycles. The van der Waals surface area contributed by atoms with E-state index in [0.717, 1.165) is 16.5 Å². The van der Waals surface area contributed by atoms with E-state index in [1.165, 1.54) is 14.8 Å². The lowest BCUT2D eigenvalue weighted by Gasteiger charge is -2.09. The molecule has 0 aliphatic heterocycles. The van der Waals surface area contributed by atoms with Crippen LogP contribution < -0.4 is 0 Å². The second-order valence-electron chi connectivity index (χ2n) is 5.21. The van der Waals surface area contributed by atoms with Crippen LogP contribution >= 0.6 is 11.3 Å². The Bertz CT molecular complexity index is 1130. The minimum Gasteiger partial charge on any atom is -0.135 e. The molecule has 0 spiro atoms. The fraction of sp³-hybridized carbons (Fsp3) is 0.100. The van der Waals surface area contributed by atoms with Gasteiger partial charge >= 0.3 is 0 Å². The van der Waals surface area contributed by atoms with Crippen molar-refractivity contribution in [3.63, 3.8) is 0 Å². The molecule has 0 amide bonds.